The Morgan fingerprint density at radius 3 is 1.54 bits per heavy atom. The van der Waals surface area contributed by atoms with Gasteiger partial charge in [-0.15, -0.1) is 0 Å². The van der Waals surface area contributed by atoms with E-state index < -0.39 is 40.2 Å². The molecule has 0 unspecified atom stereocenters. The highest BCUT2D eigenvalue weighted by atomic mass is 28.3. The Kier molecular flexibility index (Phi) is 16.4. The molecule has 4 aliphatic heterocycles. The second-order valence-electron chi connectivity index (χ2n) is 19.2. The number of benzene rings is 2. The third kappa shape index (κ3) is 12.4. The van der Waals surface area contributed by atoms with Crippen molar-refractivity contribution in [3.8, 4) is 23.0 Å². The van der Waals surface area contributed by atoms with Crippen molar-refractivity contribution < 1.29 is 57.5 Å². The van der Waals surface area contributed by atoms with E-state index >= 15 is 0 Å². The molecule has 17 nitrogen and oxygen atoms in total. The maximum absolute atomic E-state index is 14.4. The van der Waals surface area contributed by atoms with Crippen LogP contribution in [-0.4, -0.2) is 134 Å². The van der Waals surface area contributed by atoms with Crippen LogP contribution in [0.25, 0.3) is 0 Å². The van der Waals surface area contributed by atoms with Gasteiger partial charge in [-0.25, -0.2) is 4.79 Å². The molecule has 2 aromatic carbocycles. The number of fused-ring (bicyclic) bond motifs is 4. The lowest BCUT2D eigenvalue weighted by Gasteiger charge is -2.27. The summed E-state index contributed by atoms with van der Waals surface area (Å²) in [6.07, 6.45) is 10.3. The molecular weight excluding hydrogens is 895 g/mol. The number of nitrogens with zero attached hydrogens (tertiary/aromatic N) is 4. The van der Waals surface area contributed by atoms with Crippen LogP contribution in [0.4, 0.5) is 16.2 Å². The summed E-state index contributed by atoms with van der Waals surface area (Å²) in [6.45, 7) is 16.6. The van der Waals surface area contributed by atoms with Gasteiger partial charge in [0.25, 0.3) is 23.6 Å². The maximum Gasteiger partial charge on any atom is 0.404 e. The number of amides is 5. The Balaban J connectivity index is 1.21. The number of anilines is 2. The van der Waals surface area contributed by atoms with Gasteiger partial charge in [0.15, 0.2) is 23.0 Å². The normalized spacial score (nSPS) is 18.4. The standard InChI is InChI=1S/C48H65N5O12Si2/c1-10-13-32-22-38-46(56)52(30-62-18-20-66(4,5)6)36-26-42(40(60-2)24-34(36)44(54)50(38)28-32)64-16-12-17-65-43-27-37-35(25-41(43)61-3)45(55)51-29-33(14-11-15-49-48(58)59)23-39(51)47(57)53(37)31-63-19-21-67(7,8)9/h10-11,13-14,24-29,38-39,49H,12,15-23,30-31H2,1-9H3,(H,58,59)/b13-10+,14-11+/t38-,39-/m0/s1. The number of hydrogen-bond acceptors (Lipinski definition) is 11. The molecule has 2 N–H and O–H groups in total. The summed E-state index contributed by atoms with van der Waals surface area (Å²) in [5.74, 6) is -0.0926. The minimum Gasteiger partial charge on any atom is -0.493 e. The van der Waals surface area contributed by atoms with Crippen LogP contribution >= 0.6 is 0 Å². The van der Waals surface area contributed by atoms with E-state index in [1.165, 1.54) is 33.8 Å². The van der Waals surface area contributed by atoms with E-state index in [2.05, 4.69) is 44.6 Å². The maximum atomic E-state index is 14.4. The lowest BCUT2D eigenvalue weighted by Crippen LogP contribution is -2.45. The Labute approximate surface area is 394 Å². The molecule has 0 saturated heterocycles. The van der Waals surface area contributed by atoms with Crippen LogP contribution in [0.5, 0.6) is 23.0 Å². The van der Waals surface area contributed by atoms with Gasteiger partial charge in [-0.05, 0) is 42.3 Å². The quantitative estimate of drug-likeness (QED) is 0.0878. The molecule has 2 atom stereocenters. The van der Waals surface area contributed by atoms with Gasteiger partial charge in [0.1, 0.15) is 25.5 Å². The van der Waals surface area contributed by atoms with E-state index in [-0.39, 0.29) is 74.2 Å². The molecule has 0 spiro atoms. The SMILES string of the molecule is C/C=C/C1=CN2C(=O)c3cc(OC)c(OCCCOc4cc5c(cc4OC)C(=O)N4C=C(/C=C/CNC(=O)O)C[C@H]4C(=O)N5COCC[Si](C)(C)C)cc3N(COCC[Si](C)(C)C)C(=O)[C@@H]2C1. The van der Waals surface area contributed by atoms with Crippen molar-refractivity contribution in [3.05, 3.63) is 83.2 Å². The number of hydrogen-bond donors (Lipinski definition) is 2. The first-order chi connectivity index (χ1) is 31.8. The number of rotatable bonds is 22. The Hall–Kier alpha value is -5.90. The smallest absolute Gasteiger partial charge is 0.404 e. The van der Waals surface area contributed by atoms with Gasteiger partial charge in [0.2, 0.25) is 0 Å². The minimum absolute atomic E-state index is 0.0316. The molecule has 2 aromatic rings. The topological polar surface area (TPSA) is 186 Å². The largest absolute Gasteiger partial charge is 0.493 e. The molecular formula is C48H65N5O12Si2. The minimum atomic E-state index is -1.46. The van der Waals surface area contributed by atoms with E-state index in [1.807, 2.05) is 19.1 Å². The first-order valence-electron chi connectivity index (χ1n) is 22.6. The third-order valence-corrected chi connectivity index (χ3v) is 15.0. The molecule has 0 aromatic heterocycles. The van der Waals surface area contributed by atoms with Crippen LogP contribution in [0.1, 0.15) is 46.9 Å². The van der Waals surface area contributed by atoms with E-state index in [0.29, 0.717) is 60.3 Å². The summed E-state index contributed by atoms with van der Waals surface area (Å²) in [6, 6.07) is 6.69. The molecule has 4 aliphatic rings. The molecule has 19 heteroatoms. The zero-order chi connectivity index (χ0) is 48.6. The zero-order valence-electron chi connectivity index (χ0n) is 40.1. The fourth-order valence-electron chi connectivity index (χ4n) is 7.96. The predicted octanol–water partition coefficient (Wildman–Crippen LogP) is 7.47. The van der Waals surface area contributed by atoms with E-state index in [9.17, 15) is 24.0 Å². The fraction of sp³-hybridized carbons (Fsp3) is 0.479. The van der Waals surface area contributed by atoms with Crippen molar-refractivity contribution in [2.24, 2.45) is 0 Å². The van der Waals surface area contributed by atoms with Gasteiger partial charge < -0.3 is 48.6 Å². The average Bonchev–Trinajstić information content (AvgIpc) is 3.88. The number of nitrogens with one attached hydrogen (secondary N) is 1. The molecule has 0 radical (unpaired) electrons. The van der Waals surface area contributed by atoms with E-state index in [0.717, 1.165) is 17.7 Å². The van der Waals surface area contributed by atoms with Crippen molar-refractivity contribution in [1.29, 1.82) is 0 Å². The van der Waals surface area contributed by atoms with E-state index in [1.54, 1.807) is 48.8 Å². The highest BCUT2D eigenvalue weighted by Gasteiger charge is 2.44. The predicted molar refractivity (Wildman–Crippen MR) is 260 cm³/mol. The highest BCUT2D eigenvalue weighted by Crippen LogP contribution is 2.43. The van der Waals surface area contributed by atoms with Crippen molar-refractivity contribution in [2.45, 2.75) is 89.6 Å². The Morgan fingerprint density at radius 2 is 1.13 bits per heavy atom. The molecule has 5 amide bonds. The fourth-order valence-corrected chi connectivity index (χ4v) is 9.47. The van der Waals surface area contributed by atoms with Crippen molar-refractivity contribution in [3.63, 3.8) is 0 Å². The van der Waals surface area contributed by atoms with Crippen LogP contribution in [0, 0.1) is 0 Å². The van der Waals surface area contributed by atoms with Crippen LogP contribution in [0.3, 0.4) is 0 Å². The molecule has 0 bridgehead atoms. The number of methoxy groups -OCH3 is 2. The van der Waals surface area contributed by atoms with Gasteiger partial charge in [-0.2, -0.15) is 0 Å². The van der Waals surface area contributed by atoms with Gasteiger partial charge in [0.05, 0.1) is 49.9 Å². The Bertz CT molecular complexity index is 2340. The van der Waals surface area contributed by atoms with Gasteiger partial charge in [-0.1, -0.05) is 63.6 Å². The lowest BCUT2D eigenvalue weighted by molar-refractivity contribution is -0.123. The average molecular weight is 960 g/mol. The molecule has 67 heavy (non-hydrogen) atoms. The van der Waals surface area contributed by atoms with Crippen molar-refractivity contribution in [1.82, 2.24) is 15.1 Å². The molecule has 6 rings (SSSR count). The van der Waals surface area contributed by atoms with Crippen molar-refractivity contribution >= 4 is 57.2 Å². The van der Waals surface area contributed by atoms with Gasteiger partial charge >= 0.3 is 6.09 Å². The number of carbonyl (C=O) groups is 5. The summed E-state index contributed by atoms with van der Waals surface area (Å²) in [5.41, 5.74) is 2.78. The van der Waals surface area contributed by atoms with Crippen LogP contribution in [0.15, 0.2) is 72.1 Å². The van der Waals surface area contributed by atoms with Crippen molar-refractivity contribution in [2.75, 3.05) is 70.5 Å². The molecule has 0 aliphatic carbocycles. The summed E-state index contributed by atoms with van der Waals surface area (Å²) in [4.78, 5) is 73.8. The number of allylic oxidation sites excluding steroid dienone is 3. The monoisotopic (exact) mass is 959 g/mol. The van der Waals surface area contributed by atoms with Gasteiger partial charge in [0, 0.05) is 79.7 Å². The van der Waals surface area contributed by atoms with Gasteiger partial charge in [-0.3, -0.25) is 29.0 Å². The number of carbonyl (C=O) groups excluding carboxylic acids is 4. The first-order valence-corrected chi connectivity index (χ1v) is 30.1. The first kappa shape index (κ1) is 50.5. The number of carboxylic acid groups (broad SMARTS) is 1. The number of ether oxygens (including phenoxy) is 6. The second-order valence-corrected chi connectivity index (χ2v) is 30.4. The highest BCUT2D eigenvalue weighted by molar-refractivity contribution is 6.76. The second kappa shape index (κ2) is 21.8. The third-order valence-electron chi connectivity index (χ3n) is 11.6. The molecule has 362 valence electrons. The Morgan fingerprint density at radius 1 is 0.687 bits per heavy atom. The lowest BCUT2D eigenvalue weighted by atomic mass is 10.1. The van der Waals surface area contributed by atoms with Crippen LogP contribution in [-0.2, 0) is 19.1 Å². The summed E-state index contributed by atoms with van der Waals surface area (Å²) in [7, 11) is 0.0827. The summed E-state index contributed by atoms with van der Waals surface area (Å²) >= 11 is 0. The zero-order valence-corrected chi connectivity index (χ0v) is 42.1. The summed E-state index contributed by atoms with van der Waals surface area (Å²) < 4.78 is 36.2. The molecule has 0 fully saturated rings. The summed E-state index contributed by atoms with van der Waals surface area (Å²) in [5, 5.41) is 11.2. The molecule has 0 saturated carbocycles. The molecule has 4 heterocycles. The van der Waals surface area contributed by atoms with E-state index in [4.69, 9.17) is 33.5 Å². The van der Waals surface area contributed by atoms with Crippen LogP contribution in [0.2, 0.25) is 51.4 Å². The van der Waals surface area contributed by atoms with Crippen LogP contribution < -0.4 is 34.1 Å².